The van der Waals surface area contributed by atoms with Gasteiger partial charge >= 0.3 is 12.3 Å². The van der Waals surface area contributed by atoms with E-state index in [1.807, 2.05) is 5.32 Å². The van der Waals surface area contributed by atoms with Crippen LogP contribution in [0.5, 0.6) is 11.5 Å². The molecule has 0 bridgehead atoms. The monoisotopic (exact) mass is 441 g/mol. The third-order valence-corrected chi connectivity index (χ3v) is 3.57. The second-order valence-electron chi connectivity index (χ2n) is 5.85. The van der Waals surface area contributed by atoms with Gasteiger partial charge in [-0.15, -0.1) is 13.2 Å². The Kier molecular flexibility index (Phi) is 7.91. The van der Waals surface area contributed by atoms with Gasteiger partial charge in [-0.2, -0.15) is 0 Å². The summed E-state index contributed by atoms with van der Waals surface area (Å²) in [5.41, 5.74) is 5.29. The number of ether oxygens (including phenoxy) is 3. The zero-order valence-corrected chi connectivity index (χ0v) is 16.2. The minimum atomic E-state index is -4.82. The second kappa shape index (κ2) is 10.4. The molecule has 0 aliphatic carbocycles. The van der Waals surface area contributed by atoms with Crippen LogP contribution in [0.15, 0.2) is 36.5 Å². The highest BCUT2D eigenvalue weighted by Gasteiger charge is 2.31. The zero-order valence-electron chi connectivity index (χ0n) is 16.2. The van der Waals surface area contributed by atoms with Crippen LogP contribution in [0.2, 0.25) is 0 Å². The Bertz CT molecular complexity index is 948. The lowest BCUT2D eigenvalue weighted by molar-refractivity contribution is -0.274. The minimum absolute atomic E-state index is 0.00697. The fourth-order valence-electron chi connectivity index (χ4n) is 2.24. The Morgan fingerprint density at radius 3 is 2.42 bits per heavy atom. The number of esters is 1. The number of nitrogens with one attached hydrogen (secondary N) is 1. The van der Waals surface area contributed by atoms with E-state index >= 15 is 0 Å². The number of amides is 2. The highest BCUT2D eigenvalue weighted by Crippen LogP contribution is 2.24. The number of halogens is 3. The summed E-state index contributed by atoms with van der Waals surface area (Å²) in [6, 6.07) is 6.02. The molecule has 9 nitrogen and oxygen atoms in total. The Morgan fingerprint density at radius 2 is 1.84 bits per heavy atom. The summed E-state index contributed by atoms with van der Waals surface area (Å²) in [6.45, 7) is 1.09. The van der Waals surface area contributed by atoms with E-state index in [0.717, 1.165) is 18.3 Å². The van der Waals surface area contributed by atoms with Crippen molar-refractivity contribution in [3.8, 4) is 11.5 Å². The number of aromatic nitrogens is 1. The van der Waals surface area contributed by atoms with Gasteiger partial charge in [-0.05, 0) is 30.7 Å². The van der Waals surface area contributed by atoms with E-state index in [-0.39, 0.29) is 30.2 Å². The van der Waals surface area contributed by atoms with Crippen molar-refractivity contribution >= 4 is 17.8 Å². The van der Waals surface area contributed by atoms with Gasteiger partial charge in [-0.1, -0.05) is 12.1 Å². The lowest BCUT2D eigenvalue weighted by atomic mass is 10.2. The van der Waals surface area contributed by atoms with Crippen LogP contribution in [-0.4, -0.2) is 42.3 Å². The Balaban J connectivity index is 2.22. The van der Waals surface area contributed by atoms with E-state index in [9.17, 15) is 27.6 Å². The summed E-state index contributed by atoms with van der Waals surface area (Å²) in [7, 11) is 0. The van der Waals surface area contributed by atoms with Crippen LogP contribution in [0.1, 0.15) is 33.3 Å². The average Bonchev–Trinajstić information content (AvgIpc) is 2.72. The van der Waals surface area contributed by atoms with Crippen molar-refractivity contribution in [1.82, 2.24) is 10.3 Å². The number of hydrogen-bond acceptors (Lipinski definition) is 8. The maximum absolute atomic E-state index is 12.3. The number of benzene rings is 1. The molecule has 0 spiro atoms. The van der Waals surface area contributed by atoms with Crippen molar-refractivity contribution in [1.29, 1.82) is 0 Å². The number of pyridine rings is 1. The van der Waals surface area contributed by atoms with Crippen LogP contribution >= 0.6 is 0 Å². The van der Waals surface area contributed by atoms with Crippen LogP contribution in [0, 0.1) is 0 Å². The average molecular weight is 441 g/mol. The SMILES string of the molecule is CCOC(=O)c1cnc(C(=O)NC(=O)CN)c(OCc2ccc(OC(F)(F)F)cc2)c1. The Morgan fingerprint density at radius 1 is 1.16 bits per heavy atom. The largest absolute Gasteiger partial charge is 0.573 e. The maximum atomic E-state index is 12.3. The molecule has 1 aromatic carbocycles. The van der Waals surface area contributed by atoms with E-state index < -0.39 is 36.4 Å². The number of imide groups is 1. The van der Waals surface area contributed by atoms with Crippen LogP contribution in [0.3, 0.4) is 0 Å². The van der Waals surface area contributed by atoms with Crippen molar-refractivity contribution < 1.29 is 41.8 Å². The Hall–Kier alpha value is -3.67. The van der Waals surface area contributed by atoms with Gasteiger partial charge in [0.05, 0.1) is 18.7 Å². The number of rotatable bonds is 8. The molecular formula is C19H18F3N3O6. The third-order valence-electron chi connectivity index (χ3n) is 3.57. The van der Waals surface area contributed by atoms with Crippen molar-refractivity contribution in [3.63, 3.8) is 0 Å². The first-order valence-electron chi connectivity index (χ1n) is 8.81. The van der Waals surface area contributed by atoms with Crippen LogP contribution in [-0.2, 0) is 16.1 Å². The van der Waals surface area contributed by atoms with Gasteiger partial charge in [0.15, 0.2) is 11.4 Å². The predicted octanol–water partition coefficient (Wildman–Crippen LogP) is 1.95. The number of nitrogens with zero attached hydrogens (tertiary/aromatic N) is 1. The smallest absolute Gasteiger partial charge is 0.486 e. The highest BCUT2D eigenvalue weighted by molar-refractivity contribution is 6.06. The van der Waals surface area contributed by atoms with E-state index in [0.29, 0.717) is 5.56 Å². The molecule has 0 saturated heterocycles. The topological polar surface area (TPSA) is 130 Å². The molecule has 166 valence electrons. The molecule has 2 amide bonds. The van der Waals surface area contributed by atoms with E-state index in [2.05, 4.69) is 9.72 Å². The van der Waals surface area contributed by atoms with Gasteiger partial charge in [0.25, 0.3) is 5.91 Å². The van der Waals surface area contributed by atoms with Gasteiger partial charge in [0.1, 0.15) is 12.4 Å². The third kappa shape index (κ3) is 7.26. The van der Waals surface area contributed by atoms with Crippen molar-refractivity contribution in [2.24, 2.45) is 5.73 Å². The molecule has 0 aliphatic heterocycles. The molecule has 2 rings (SSSR count). The quantitative estimate of drug-likeness (QED) is 0.595. The van der Waals surface area contributed by atoms with Crippen molar-refractivity contribution in [3.05, 3.63) is 53.3 Å². The highest BCUT2D eigenvalue weighted by atomic mass is 19.4. The number of carbonyl (C=O) groups excluding carboxylic acids is 3. The first kappa shape index (κ1) is 23.6. The first-order chi connectivity index (χ1) is 14.6. The van der Waals surface area contributed by atoms with Crippen LogP contribution < -0.4 is 20.5 Å². The Labute approximate surface area is 174 Å². The predicted molar refractivity (Wildman–Crippen MR) is 99.2 cm³/mol. The van der Waals surface area contributed by atoms with E-state index in [1.165, 1.54) is 18.2 Å². The van der Waals surface area contributed by atoms with Gasteiger partial charge in [0.2, 0.25) is 5.91 Å². The van der Waals surface area contributed by atoms with Gasteiger partial charge < -0.3 is 19.9 Å². The van der Waals surface area contributed by atoms with Crippen LogP contribution in [0.25, 0.3) is 0 Å². The molecule has 0 unspecified atom stereocenters. The molecule has 0 radical (unpaired) electrons. The lowest BCUT2D eigenvalue weighted by Crippen LogP contribution is -2.36. The minimum Gasteiger partial charge on any atom is -0.486 e. The van der Waals surface area contributed by atoms with Crippen molar-refractivity contribution in [2.45, 2.75) is 19.9 Å². The summed E-state index contributed by atoms with van der Waals surface area (Å²) in [5, 5.41) is 2.00. The summed E-state index contributed by atoms with van der Waals surface area (Å²) in [5.74, 6) is -2.94. The molecule has 2 aromatic rings. The van der Waals surface area contributed by atoms with Gasteiger partial charge in [-0.25, -0.2) is 9.78 Å². The number of hydrogen-bond donors (Lipinski definition) is 2. The molecule has 0 aliphatic rings. The molecule has 1 heterocycles. The molecule has 3 N–H and O–H groups in total. The fourth-order valence-corrected chi connectivity index (χ4v) is 2.24. The zero-order chi connectivity index (χ0) is 23.0. The first-order valence-corrected chi connectivity index (χ1v) is 8.81. The number of nitrogens with two attached hydrogens (primary N) is 1. The van der Waals surface area contributed by atoms with Crippen molar-refractivity contribution in [2.75, 3.05) is 13.2 Å². The summed E-state index contributed by atoms with van der Waals surface area (Å²) in [6.07, 6.45) is -3.74. The number of carbonyl (C=O) groups is 3. The normalized spacial score (nSPS) is 10.9. The summed E-state index contributed by atoms with van der Waals surface area (Å²) >= 11 is 0. The molecular weight excluding hydrogens is 423 g/mol. The second-order valence-corrected chi connectivity index (χ2v) is 5.85. The van der Waals surface area contributed by atoms with Crippen LogP contribution in [0.4, 0.5) is 13.2 Å². The summed E-state index contributed by atoms with van der Waals surface area (Å²) < 4.78 is 50.9. The van der Waals surface area contributed by atoms with Gasteiger partial charge in [0, 0.05) is 6.20 Å². The van der Waals surface area contributed by atoms with E-state index in [1.54, 1.807) is 6.92 Å². The standard InChI is InChI=1S/C19H18F3N3O6/c1-2-29-18(28)12-7-14(16(24-9-12)17(27)25-15(26)8-23)30-10-11-3-5-13(6-4-11)31-19(20,21)22/h3-7,9H,2,8,10,23H2,1H3,(H,25,26,27). The summed E-state index contributed by atoms with van der Waals surface area (Å²) in [4.78, 5) is 39.4. The lowest BCUT2D eigenvalue weighted by Gasteiger charge is -2.13. The molecule has 0 saturated carbocycles. The number of alkyl halides is 3. The molecule has 0 atom stereocenters. The maximum Gasteiger partial charge on any atom is 0.573 e. The molecule has 12 heteroatoms. The molecule has 1 aromatic heterocycles. The fraction of sp³-hybridized carbons (Fsp3) is 0.263. The van der Waals surface area contributed by atoms with E-state index in [4.69, 9.17) is 15.2 Å². The molecule has 0 fully saturated rings. The van der Waals surface area contributed by atoms with Gasteiger partial charge in [-0.3, -0.25) is 14.9 Å². The molecule has 31 heavy (non-hydrogen) atoms.